The van der Waals surface area contributed by atoms with Gasteiger partial charge in [0.2, 0.25) is 0 Å². The zero-order valence-electron chi connectivity index (χ0n) is 11.0. The second-order valence-corrected chi connectivity index (χ2v) is 5.02. The molecule has 2 aromatic rings. The quantitative estimate of drug-likeness (QED) is 0.280. The number of hydrogen-bond acceptors (Lipinski definition) is 6. The highest BCUT2D eigenvalue weighted by Crippen LogP contribution is 2.11. The lowest BCUT2D eigenvalue weighted by molar-refractivity contribution is -0.384. The summed E-state index contributed by atoms with van der Waals surface area (Å²) in [5.41, 5.74) is 5.97. The summed E-state index contributed by atoms with van der Waals surface area (Å²) in [7, 11) is 0. The Bertz CT molecular complexity index is 725. The number of hydrogen-bond donors (Lipinski definition) is 1. The van der Waals surface area contributed by atoms with E-state index >= 15 is 0 Å². The van der Waals surface area contributed by atoms with Gasteiger partial charge in [0.25, 0.3) is 5.69 Å². The molecule has 10 heteroatoms. The Morgan fingerprint density at radius 1 is 1.45 bits per heavy atom. The van der Waals surface area contributed by atoms with E-state index in [1.807, 2.05) is 0 Å². The zero-order chi connectivity index (χ0) is 16.1. The van der Waals surface area contributed by atoms with E-state index in [1.165, 1.54) is 35.1 Å². The van der Waals surface area contributed by atoms with Gasteiger partial charge in [-0.1, -0.05) is 5.16 Å². The molecule has 2 N–H and O–H groups in total. The molecule has 114 valence electrons. The molecule has 2 rings (SSSR count). The zero-order valence-corrected chi connectivity index (χ0v) is 12.6. The van der Waals surface area contributed by atoms with Crippen molar-refractivity contribution in [3.05, 3.63) is 56.8 Å². The molecule has 0 aliphatic heterocycles. The summed E-state index contributed by atoms with van der Waals surface area (Å²) < 4.78 is 2.10. The van der Waals surface area contributed by atoms with Gasteiger partial charge in [-0.25, -0.2) is 4.79 Å². The maximum atomic E-state index is 11.6. The number of oxime groups is 1. The number of nitrogens with zero attached hydrogens (tertiary/aromatic N) is 4. The minimum Gasteiger partial charge on any atom is -0.380 e. The van der Waals surface area contributed by atoms with Crippen LogP contribution in [0, 0.1) is 10.1 Å². The molecule has 0 spiro atoms. The number of nitro benzene ring substituents is 1. The third-order valence-electron chi connectivity index (χ3n) is 2.51. The van der Waals surface area contributed by atoms with Gasteiger partial charge in [-0.2, -0.15) is 5.10 Å². The van der Waals surface area contributed by atoms with Crippen LogP contribution in [0.4, 0.5) is 5.69 Å². The van der Waals surface area contributed by atoms with E-state index in [4.69, 9.17) is 5.73 Å². The molecule has 0 radical (unpaired) electrons. The third kappa shape index (κ3) is 4.12. The number of carbonyl (C=O) groups is 1. The molecule has 0 atom stereocenters. The van der Waals surface area contributed by atoms with Gasteiger partial charge in [0, 0.05) is 23.9 Å². The molecule has 0 unspecified atom stereocenters. The summed E-state index contributed by atoms with van der Waals surface area (Å²) in [6.07, 6.45) is 3.13. The normalized spacial score (nSPS) is 11.2. The largest absolute Gasteiger partial charge is 0.380 e. The van der Waals surface area contributed by atoms with Crippen molar-refractivity contribution in [2.24, 2.45) is 10.9 Å². The Morgan fingerprint density at radius 2 is 2.14 bits per heavy atom. The fourth-order valence-electron chi connectivity index (χ4n) is 1.49. The van der Waals surface area contributed by atoms with E-state index in [9.17, 15) is 14.9 Å². The van der Waals surface area contributed by atoms with Crippen LogP contribution in [-0.2, 0) is 16.2 Å². The minimum atomic E-state index is -0.652. The van der Waals surface area contributed by atoms with E-state index in [1.54, 1.807) is 6.20 Å². The number of rotatable bonds is 5. The van der Waals surface area contributed by atoms with E-state index < -0.39 is 10.9 Å². The van der Waals surface area contributed by atoms with E-state index in [2.05, 4.69) is 31.0 Å². The number of aromatic nitrogens is 2. The minimum absolute atomic E-state index is 0.0649. The maximum absolute atomic E-state index is 11.6. The van der Waals surface area contributed by atoms with E-state index in [0.29, 0.717) is 5.56 Å². The van der Waals surface area contributed by atoms with Crippen LogP contribution >= 0.6 is 15.9 Å². The molecule has 0 saturated heterocycles. The molecular weight excluding hydrogens is 358 g/mol. The van der Waals surface area contributed by atoms with Gasteiger partial charge in [0.15, 0.2) is 5.84 Å². The highest BCUT2D eigenvalue weighted by atomic mass is 79.9. The first kappa shape index (κ1) is 15.6. The lowest BCUT2D eigenvalue weighted by Crippen LogP contribution is -2.17. The van der Waals surface area contributed by atoms with Crippen molar-refractivity contribution in [1.29, 1.82) is 0 Å². The molecule has 0 fully saturated rings. The number of carbonyl (C=O) groups excluding carboxylic acids is 1. The maximum Gasteiger partial charge on any atom is 0.356 e. The highest BCUT2D eigenvalue weighted by Gasteiger charge is 2.08. The fraction of sp³-hybridized carbons (Fsp3) is 0.0833. The predicted octanol–water partition coefficient (Wildman–Crippen LogP) is 1.42. The smallest absolute Gasteiger partial charge is 0.356 e. The van der Waals surface area contributed by atoms with Gasteiger partial charge in [0.1, 0.15) is 6.54 Å². The van der Waals surface area contributed by atoms with Gasteiger partial charge in [-0.3, -0.25) is 14.8 Å². The Hall–Kier alpha value is -2.75. The van der Waals surface area contributed by atoms with Crippen LogP contribution < -0.4 is 5.73 Å². The average molecular weight is 368 g/mol. The molecule has 1 heterocycles. The van der Waals surface area contributed by atoms with Crippen molar-refractivity contribution in [2.45, 2.75) is 6.54 Å². The third-order valence-corrected chi connectivity index (χ3v) is 2.92. The summed E-state index contributed by atoms with van der Waals surface area (Å²) in [6, 6.07) is 5.38. The van der Waals surface area contributed by atoms with Crippen LogP contribution in [0.3, 0.4) is 0 Å². The Labute approximate surface area is 132 Å². The fourth-order valence-corrected chi connectivity index (χ4v) is 1.82. The van der Waals surface area contributed by atoms with Crippen LogP contribution in [0.5, 0.6) is 0 Å². The monoisotopic (exact) mass is 367 g/mol. The van der Waals surface area contributed by atoms with Crippen LogP contribution in [0.1, 0.15) is 5.56 Å². The number of benzene rings is 1. The predicted molar refractivity (Wildman–Crippen MR) is 79.8 cm³/mol. The van der Waals surface area contributed by atoms with Gasteiger partial charge < -0.3 is 10.6 Å². The van der Waals surface area contributed by atoms with Gasteiger partial charge in [-0.15, -0.1) is 0 Å². The van der Waals surface area contributed by atoms with Crippen molar-refractivity contribution in [3.8, 4) is 0 Å². The molecule has 1 aromatic carbocycles. The molecule has 1 aromatic heterocycles. The number of nitro groups is 1. The number of halogens is 1. The first-order valence-electron chi connectivity index (χ1n) is 5.92. The second kappa shape index (κ2) is 6.80. The van der Waals surface area contributed by atoms with Crippen LogP contribution in [-0.4, -0.2) is 26.5 Å². The summed E-state index contributed by atoms with van der Waals surface area (Å²) in [6.45, 7) is -0.122. The first-order valence-corrected chi connectivity index (χ1v) is 6.71. The van der Waals surface area contributed by atoms with Crippen molar-refractivity contribution in [2.75, 3.05) is 0 Å². The topological polar surface area (TPSA) is 126 Å². The van der Waals surface area contributed by atoms with Crippen molar-refractivity contribution in [3.63, 3.8) is 0 Å². The first-order chi connectivity index (χ1) is 10.5. The Balaban J connectivity index is 1.96. The molecule has 0 saturated carbocycles. The van der Waals surface area contributed by atoms with Gasteiger partial charge in [-0.05, 0) is 28.1 Å². The molecular formula is C12H10BrN5O4. The van der Waals surface area contributed by atoms with Crippen LogP contribution in [0.25, 0.3) is 0 Å². The highest BCUT2D eigenvalue weighted by molar-refractivity contribution is 9.10. The van der Waals surface area contributed by atoms with Crippen molar-refractivity contribution in [1.82, 2.24) is 9.78 Å². The standard InChI is InChI=1S/C12H10BrN5O4/c13-9-5-15-17(6-9)7-11(19)22-16-12(14)8-1-3-10(4-2-8)18(20)21/h1-6H,7H2,(H2,14,16). The van der Waals surface area contributed by atoms with Crippen molar-refractivity contribution < 1.29 is 14.6 Å². The lowest BCUT2D eigenvalue weighted by atomic mass is 10.2. The van der Waals surface area contributed by atoms with E-state index in [0.717, 1.165) is 4.47 Å². The Morgan fingerprint density at radius 3 is 2.68 bits per heavy atom. The van der Waals surface area contributed by atoms with Crippen molar-refractivity contribution >= 4 is 33.4 Å². The van der Waals surface area contributed by atoms with Crippen LogP contribution in [0.15, 0.2) is 46.3 Å². The van der Waals surface area contributed by atoms with Crippen LogP contribution in [0.2, 0.25) is 0 Å². The number of amidine groups is 1. The average Bonchev–Trinajstić information content (AvgIpc) is 2.90. The van der Waals surface area contributed by atoms with E-state index in [-0.39, 0.29) is 18.1 Å². The Kier molecular flexibility index (Phi) is 4.84. The summed E-state index contributed by atoms with van der Waals surface area (Å²) >= 11 is 3.20. The summed E-state index contributed by atoms with van der Waals surface area (Å²) in [4.78, 5) is 26.2. The number of non-ortho nitro benzene ring substituents is 1. The SMILES string of the molecule is N/C(=N\OC(=O)Cn1cc(Br)cn1)c1ccc([N+](=O)[O-])cc1. The molecule has 0 bridgehead atoms. The lowest BCUT2D eigenvalue weighted by Gasteiger charge is -2.01. The second-order valence-electron chi connectivity index (χ2n) is 4.10. The summed E-state index contributed by atoms with van der Waals surface area (Å²) in [5.74, 6) is -0.717. The molecule has 0 amide bonds. The molecule has 9 nitrogen and oxygen atoms in total. The van der Waals surface area contributed by atoms with Gasteiger partial charge >= 0.3 is 5.97 Å². The summed E-state index contributed by atoms with van der Waals surface area (Å²) in [5, 5.41) is 17.9. The van der Waals surface area contributed by atoms with Gasteiger partial charge in [0.05, 0.1) is 15.6 Å². The molecule has 22 heavy (non-hydrogen) atoms. The molecule has 0 aliphatic carbocycles. The number of nitrogens with two attached hydrogens (primary N) is 1. The molecule has 0 aliphatic rings.